The first-order valence-corrected chi connectivity index (χ1v) is 38.3. The summed E-state index contributed by atoms with van der Waals surface area (Å²) >= 11 is 1.96. The van der Waals surface area contributed by atoms with E-state index < -0.39 is 114 Å². The Labute approximate surface area is 770 Å². The summed E-state index contributed by atoms with van der Waals surface area (Å²) in [5.74, 6) is -5.78. The van der Waals surface area contributed by atoms with Crippen LogP contribution in [0.4, 0.5) is 114 Å². The number of rotatable bonds is 13. The van der Waals surface area contributed by atoms with E-state index in [2.05, 4.69) is 37.6 Å². The third-order valence-electron chi connectivity index (χ3n) is 17.7. The fourth-order valence-corrected chi connectivity index (χ4v) is 11.8. The molecule has 129 heavy (non-hydrogen) atoms. The molecule has 0 aliphatic carbocycles. The molecule has 2 atom stereocenters. The third kappa shape index (κ3) is 31.5. The van der Waals surface area contributed by atoms with Gasteiger partial charge in [0.25, 0.3) is 5.91 Å². The fraction of sp³-hybridized carbons (Fsp3) is 0.146. The summed E-state index contributed by atoms with van der Waals surface area (Å²) in [5.41, 5.74) is 19.7. The number of benzene rings is 11. The Morgan fingerprint density at radius 1 is 0.543 bits per heavy atom. The van der Waals surface area contributed by atoms with Gasteiger partial charge in [0, 0.05) is 82.5 Å². The van der Waals surface area contributed by atoms with E-state index in [1.807, 2.05) is 59.0 Å². The molecule has 0 saturated heterocycles. The van der Waals surface area contributed by atoms with Gasteiger partial charge in [0.1, 0.15) is 54.3 Å². The molecule has 0 fully saturated rings. The van der Waals surface area contributed by atoms with E-state index in [0.29, 0.717) is 32.8 Å². The SMILES string of the molecule is CCC1(c2ccccc2)c2cc(F)ccc2NC(=O)N1CC(F)(F)F.CON(C)C(=O)c1cc(F)ccc1N.NCC(F)(F)F.Nc1ccc(F)cc1C(=O)O.Nc1ccc(F)cc1C(=O)c1ccccc1.O=C(c1ccccc1)c1cc(F)ccc1NC(=O)n1ccnc1.O=C1Nc2ccc(F)cc2C(O)(c2ccccc2)N1CC(F)(F)F.[2H]CI.[Br-].[Mg+2].[c-]1ccccc1. The minimum atomic E-state index is -4.75. The Morgan fingerprint density at radius 2 is 0.915 bits per heavy atom. The fourth-order valence-electron chi connectivity index (χ4n) is 11.8. The van der Waals surface area contributed by atoms with Gasteiger partial charge >= 0.3 is 65.6 Å². The van der Waals surface area contributed by atoms with Crippen molar-refractivity contribution in [2.75, 3.05) is 71.8 Å². The molecule has 2 aliphatic heterocycles. The second-order valence-corrected chi connectivity index (χ2v) is 26.1. The molecule has 14 rings (SSSR count). The molecule has 11 aromatic carbocycles. The molecule has 2 aliphatic rings. The molecule has 22 nitrogen and oxygen atoms in total. The number of halogens is 17. The number of aliphatic hydroxyl groups is 1. The number of hydrogen-bond acceptors (Lipinski definition) is 14. The number of amides is 6. The number of nitrogens with zero attached hydrogens (tertiary/aromatic N) is 5. The Kier molecular flexibility index (Phi) is 41.8. The number of carboxylic acids is 1. The quantitative estimate of drug-likeness (QED) is 0.00757. The maximum atomic E-state index is 13.9. The minimum Gasteiger partial charge on any atom is -1.00 e. The molecule has 0 saturated carbocycles. The standard InChI is InChI=1S/C18H16F4N2O.C17H12FN3O2.C16H12F4N2O2.C13H10FNO.C9H11FN2O2.C7H6FNO2.C6H5.C2H4F3N.CH3I.BrH.Mg/c1-2-17(12-6-4-3-5-7-12)14-10-13(19)8-9-15(14)23-16(25)24(17)11-18(20,21)22;18-13-6-7-15(20-17(23)21-9-8-19-11-21)14(10-13)16(22)12-4-2-1-3-5-12;17-11-6-7-13-12(8-11)16(24,10-4-2-1-3-5-10)22(14(23)21-13)9-15(18,19)20;14-10-6-7-12(15)11(8-10)13(16)9-4-2-1-3-5-9;1-12(14-2)9(13)7-5-6(10)3-4-8(7)11;8-4-1-2-6(9)5(3-4)7(10)11;1-2-4-6-5-3-1;3-2(4,5)1-6;1-2;;/h3-10H,2,11H2,1H3,(H,23,25);1-11H,(H,20,23);1-8,24H,9H2,(H,21,23);1-8H,15H2;3-5H,11H2,1-2H3;1-3H,9H2,(H,10,11);1-5H;1,6H2;1H3;1H;/q;;;;;;-1;;;;+2/p-1/i;;;;;;;;1D;;. The van der Waals surface area contributed by atoms with Crippen LogP contribution in [0.2, 0.25) is 0 Å². The van der Waals surface area contributed by atoms with E-state index in [1.165, 1.54) is 128 Å². The zero-order valence-electron chi connectivity index (χ0n) is 68.9. The Balaban J connectivity index is 0.000000320. The molecule has 2 unspecified atom stereocenters. The number of hydroxylamine groups is 2. The van der Waals surface area contributed by atoms with E-state index in [-0.39, 0.29) is 125 Å². The van der Waals surface area contributed by atoms with Gasteiger partial charge in [-0.25, -0.2) is 55.6 Å². The van der Waals surface area contributed by atoms with Crippen molar-refractivity contribution in [1.29, 1.82) is 0 Å². The molecule has 676 valence electrons. The van der Waals surface area contributed by atoms with Crippen molar-refractivity contribution < 1.29 is 133 Å². The summed E-state index contributed by atoms with van der Waals surface area (Å²) in [4.78, 5) is 93.0. The summed E-state index contributed by atoms with van der Waals surface area (Å²) in [5, 5.41) is 27.8. The number of carbonyl (C=O) groups is 7. The van der Waals surface area contributed by atoms with Crippen molar-refractivity contribution in [3.63, 3.8) is 0 Å². The molecule has 12 aromatic rings. The number of anilines is 6. The molecular weight excluding hydrogens is 1910 g/mol. The number of urea groups is 2. The van der Waals surface area contributed by atoms with Crippen LogP contribution in [0.3, 0.4) is 0 Å². The second kappa shape index (κ2) is 50.6. The molecule has 0 radical (unpaired) electrons. The monoisotopic (exact) mass is 1990 g/mol. The van der Waals surface area contributed by atoms with E-state index >= 15 is 0 Å². The molecule has 13 N–H and O–H groups in total. The van der Waals surface area contributed by atoms with Crippen LogP contribution in [0.15, 0.2) is 280 Å². The number of imidazole rings is 1. The molecular formula is C89H79BrF15IMgN12O10. The van der Waals surface area contributed by atoms with Crippen molar-refractivity contribution in [3.8, 4) is 0 Å². The van der Waals surface area contributed by atoms with Crippen LogP contribution >= 0.6 is 22.6 Å². The number of aromatic nitrogens is 2. The van der Waals surface area contributed by atoms with Gasteiger partial charge in [-0.15, -0.1) is 0 Å². The Bertz CT molecular complexity index is 5670. The van der Waals surface area contributed by atoms with Crippen LogP contribution in [0.25, 0.3) is 0 Å². The molecule has 3 heterocycles. The van der Waals surface area contributed by atoms with Gasteiger partial charge in [-0.3, -0.25) is 28.7 Å². The largest absolute Gasteiger partial charge is 2.00 e. The average Bonchev–Trinajstić information content (AvgIpc) is 1.01. The van der Waals surface area contributed by atoms with Crippen LogP contribution in [0, 0.1) is 41.0 Å². The number of ketones is 2. The maximum absolute atomic E-state index is 13.9. The topological polar surface area (TPSA) is 337 Å². The Morgan fingerprint density at radius 3 is 1.33 bits per heavy atom. The predicted octanol–water partition coefficient (Wildman–Crippen LogP) is 16.1. The van der Waals surface area contributed by atoms with Crippen LogP contribution in [0.1, 0.15) is 89.5 Å². The normalized spacial score (nSPS) is 13.8. The number of nitrogens with two attached hydrogens (primary N) is 4. The first-order chi connectivity index (χ1) is 60.5. The summed E-state index contributed by atoms with van der Waals surface area (Å²) in [6.45, 7) is -2.67. The van der Waals surface area contributed by atoms with Crippen LogP contribution in [0.5, 0.6) is 0 Å². The van der Waals surface area contributed by atoms with E-state index in [4.69, 9.17) is 23.7 Å². The minimum absolute atomic E-state index is 0. The van der Waals surface area contributed by atoms with Crippen LogP contribution in [-0.4, -0.2) is 156 Å². The van der Waals surface area contributed by atoms with Crippen molar-refractivity contribution in [3.05, 3.63) is 376 Å². The number of carboxylic acid groups (broad SMARTS) is 1. The van der Waals surface area contributed by atoms with Crippen molar-refractivity contribution in [1.82, 2.24) is 24.4 Å². The van der Waals surface area contributed by atoms with Crippen molar-refractivity contribution in [2.24, 2.45) is 5.73 Å². The van der Waals surface area contributed by atoms with Gasteiger partial charge in [0.2, 0.25) is 0 Å². The van der Waals surface area contributed by atoms with E-state index in [1.54, 1.807) is 97.9 Å². The number of alkyl halides is 10. The van der Waals surface area contributed by atoms with E-state index in [9.17, 15) is 105 Å². The van der Waals surface area contributed by atoms with E-state index in [0.717, 1.165) is 52.4 Å². The molecule has 6 amide bonds. The summed E-state index contributed by atoms with van der Waals surface area (Å²) in [6.07, 6.45) is -9.09. The molecule has 40 heteroatoms. The number of nitrogen functional groups attached to an aromatic ring is 3. The zero-order chi connectivity index (χ0) is 94.9. The first kappa shape index (κ1) is 107. The first-order valence-electron chi connectivity index (χ1n) is 37.4. The van der Waals surface area contributed by atoms with Crippen LogP contribution < -0.4 is 55.9 Å². The maximum Gasteiger partial charge on any atom is 2.00 e. The average molecular weight is 1990 g/mol. The summed E-state index contributed by atoms with van der Waals surface area (Å²) in [7, 11) is 2.76. The van der Waals surface area contributed by atoms with Crippen molar-refractivity contribution >= 4 is 121 Å². The summed E-state index contributed by atoms with van der Waals surface area (Å²) in [6, 6.07) is 64.1. The number of nitrogens with one attached hydrogen (secondary N) is 3. The smallest absolute Gasteiger partial charge is 1.00 e. The van der Waals surface area contributed by atoms with Gasteiger partial charge < -0.3 is 71.0 Å². The number of hydrogen-bond donors (Lipinski definition) is 9. The molecule has 0 spiro atoms. The van der Waals surface area contributed by atoms with Gasteiger partial charge in [-0.1, -0.05) is 151 Å². The van der Waals surface area contributed by atoms with Gasteiger partial charge in [0.15, 0.2) is 17.3 Å². The van der Waals surface area contributed by atoms with Gasteiger partial charge in [0.05, 0.1) is 41.7 Å². The number of carbonyl (C=O) groups excluding carboxylic acids is 6. The van der Waals surface area contributed by atoms with Gasteiger partial charge in [-0.2, -0.15) is 75.9 Å². The zero-order valence-corrected chi connectivity index (χ0v) is 73.1. The van der Waals surface area contributed by atoms with Crippen molar-refractivity contribution in [2.45, 2.75) is 43.1 Å². The molecule has 0 bridgehead atoms. The molecule has 1 aromatic heterocycles. The third-order valence-corrected chi connectivity index (χ3v) is 17.7. The Hall–Kier alpha value is -12.9. The second-order valence-electron chi connectivity index (χ2n) is 26.1. The van der Waals surface area contributed by atoms with Crippen LogP contribution in [-0.2, 0) is 16.1 Å². The predicted molar refractivity (Wildman–Crippen MR) is 461 cm³/mol. The summed E-state index contributed by atoms with van der Waals surface area (Å²) < 4.78 is 197. The van der Waals surface area contributed by atoms with Gasteiger partial charge in [-0.05, 0) is 126 Å². The number of fused-ring (bicyclic) bond motifs is 2. The number of aromatic carboxylic acids is 1.